The molecule has 1 N–H and O–H groups in total. The van der Waals surface area contributed by atoms with Gasteiger partial charge in [-0.25, -0.2) is 9.59 Å². The summed E-state index contributed by atoms with van der Waals surface area (Å²) in [6, 6.07) is 4.46. The summed E-state index contributed by atoms with van der Waals surface area (Å²) in [6.07, 6.45) is 4.40. The Morgan fingerprint density at radius 1 is 1.42 bits per heavy atom. The minimum absolute atomic E-state index is 0.218. The number of amides is 2. The van der Waals surface area contributed by atoms with E-state index >= 15 is 0 Å². The number of nitrogens with zero attached hydrogens (tertiary/aromatic N) is 1. The van der Waals surface area contributed by atoms with Gasteiger partial charge >= 0.3 is 12.0 Å². The molecule has 1 saturated heterocycles. The van der Waals surface area contributed by atoms with Crippen LogP contribution < -0.4 is 5.32 Å². The number of halogens is 1. The Bertz CT molecular complexity index is 588. The van der Waals surface area contributed by atoms with Gasteiger partial charge in [0.25, 0.3) is 0 Å². The van der Waals surface area contributed by atoms with E-state index in [0.717, 1.165) is 25.9 Å². The third-order valence-corrected chi connectivity index (χ3v) is 4.36. The fourth-order valence-corrected chi connectivity index (χ4v) is 2.76. The lowest BCUT2D eigenvalue weighted by molar-refractivity contribution is 0.00848. The number of urea groups is 1. The Morgan fingerprint density at radius 3 is 2.88 bits per heavy atom. The van der Waals surface area contributed by atoms with Gasteiger partial charge in [-0.2, -0.15) is 0 Å². The van der Waals surface area contributed by atoms with E-state index in [1.807, 2.05) is 0 Å². The van der Waals surface area contributed by atoms with E-state index in [1.54, 1.807) is 24.1 Å². The SMILES string of the molecule is COC(=O)c1cc(NC(=O)N(C)CCC2CCCCO2)ccc1Cl. The van der Waals surface area contributed by atoms with Gasteiger partial charge in [0.1, 0.15) is 0 Å². The predicted octanol–water partition coefficient (Wildman–Crippen LogP) is 3.55. The highest BCUT2D eigenvalue weighted by molar-refractivity contribution is 6.33. The van der Waals surface area contributed by atoms with Gasteiger partial charge in [-0.1, -0.05) is 11.6 Å². The summed E-state index contributed by atoms with van der Waals surface area (Å²) in [5.41, 5.74) is 0.709. The largest absolute Gasteiger partial charge is 0.465 e. The molecule has 1 unspecified atom stereocenters. The number of carbonyl (C=O) groups excluding carboxylic acids is 2. The van der Waals surface area contributed by atoms with Crippen molar-refractivity contribution in [1.29, 1.82) is 0 Å². The van der Waals surface area contributed by atoms with Crippen molar-refractivity contribution in [3.8, 4) is 0 Å². The fraction of sp³-hybridized carbons (Fsp3) is 0.529. The standard InChI is InChI=1S/C17H23ClN2O4/c1-20(9-8-13-5-3-4-10-24-13)17(22)19-12-6-7-15(18)14(11-12)16(21)23-2/h6-7,11,13H,3-5,8-10H2,1-2H3,(H,19,22). The highest BCUT2D eigenvalue weighted by Gasteiger charge is 2.17. The third-order valence-electron chi connectivity index (χ3n) is 4.03. The minimum Gasteiger partial charge on any atom is -0.465 e. The molecular formula is C17H23ClN2O4. The minimum atomic E-state index is -0.543. The Morgan fingerprint density at radius 2 is 2.21 bits per heavy atom. The van der Waals surface area contributed by atoms with Gasteiger partial charge < -0.3 is 19.7 Å². The molecule has 0 aromatic heterocycles. The summed E-state index contributed by atoms with van der Waals surface area (Å²) in [5.74, 6) is -0.543. The van der Waals surface area contributed by atoms with E-state index < -0.39 is 5.97 Å². The number of benzene rings is 1. The molecule has 2 amide bonds. The Kier molecular flexibility index (Phi) is 6.87. The topological polar surface area (TPSA) is 67.9 Å². The van der Waals surface area contributed by atoms with E-state index in [2.05, 4.69) is 10.1 Å². The molecule has 1 fully saturated rings. The summed E-state index contributed by atoms with van der Waals surface area (Å²) >= 11 is 5.97. The lowest BCUT2D eigenvalue weighted by atomic mass is 10.1. The zero-order valence-corrected chi connectivity index (χ0v) is 14.8. The Balaban J connectivity index is 1.89. The summed E-state index contributed by atoms with van der Waals surface area (Å²) in [7, 11) is 3.01. The number of hydrogen-bond donors (Lipinski definition) is 1. The van der Waals surface area contributed by atoms with Crippen LogP contribution in [0.1, 0.15) is 36.0 Å². The van der Waals surface area contributed by atoms with E-state index in [1.165, 1.54) is 19.6 Å². The lowest BCUT2D eigenvalue weighted by Crippen LogP contribution is -2.34. The van der Waals surface area contributed by atoms with Crippen molar-refractivity contribution in [2.45, 2.75) is 31.8 Å². The van der Waals surface area contributed by atoms with E-state index in [9.17, 15) is 9.59 Å². The first-order valence-electron chi connectivity index (χ1n) is 8.03. The molecule has 0 aliphatic carbocycles. The molecule has 1 aliphatic heterocycles. The van der Waals surface area contributed by atoms with Crippen LogP contribution in [0.2, 0.25) is 5.02 Å². The summed E-state index contributed by atoms with van der Waals surface area (Å²) < 4.78 is 10.3. The van der Waals surface area contributed by atoms with Crippen LogP contribution in [0.25, 0.3) is 0 Å². The second kappa shape index (κ2) is 8.89. The first kappa shape index (κ1) is 18.5. The van der Waals surface area contributed by atoms with Crippen molar-refractivity contribution < 1.29 is 19.1 Å². The summed E-state index contributed by atoms with van der Waals surface area (Å²) in [4.78, 5) is 25.5. The van der Waals surface area contributed by atoms with Gasteiger partial charge in [0.05, 0.1) is 23.8 Å². The molecule has 1 aromatic carbocycles. The van der Waals surface area contributed by atoms with Crippen LogP contribution in [0.4, 0.5) is 10.5 Å². The number of carbonyl (C=O) groups is 2. The van der Waals surface area contributed by atoms with Crippen molar-refractivity contribution in [2.24, 2.45) is 0 Å². The summed E-state index contributed by atoms with van der Waals surface area (Å²) in [6.45, 7) is 1.41. The maximum absolute atomic E-state index is 12.2. The molecule has 0 spiro atoms. The second-order valence-electron chi connectivity index (χ2n) is 5.82. The fourth-order valence-electron chi connectivity index (χ4n) is 2.56. The molecule has 24 heavy (non-hydrogen) atoms. The molecule has 0 bridgehead atoms. The van der Waals surface area contributed by atoms with E-state index in [0.29, 0.717) is 12.2 Å². The number of ether oxygens (including phenoxy) is 2. The van der Waals surface area contributed by atoms with E-state index in [4.69, 9.17) is 16.3 Å². The maximum atomic E-state index is 12.2. The maximum Gasteiger partial charge on any atom is 0.339 e. The normalized spacial score (nSPS) is 17.2. The number of rotatable bonds is 5. The van der Waals surface area contributed by atoms with Gasteiger partial charge in [-0.15, -0.1) is 0 Å². The number of esters is 1. The first-order chi connectivity index (χ1) is 11.5. The van der Waals surface area contributed by atoms with Crippen LogP contribution in [-0.4, -0.2) is 50.3 Å². The van der Waals surface area contributed by atoms with Gasteiger partial charge in [0.2, 0.25) is 0 Å². The average molecular weight is 355 g/mol. The monoisotopic (exact) mass is 354 g/mol. The zero-order chi connectivity index (χ0) is 17.5. The zero-order valence-electron chi connectivity index (χ0n) is 14.0. The second-order valence-corrected chi connectivity index (χ2v) is 6.22. The molecule has 2 rings (SSSR count). The predicted molar refractivity (Wildman–Crippen MR) is 92.6 cm³/mol. The lowest BCUT2D eigenvalue weighted by Gasteiger charge is -2.25. The van der Waals surface area contributed by atoms with Gasteiger partial charge in [-0.05, 0) is 43.9 Å². The van der Waals surface area contributed by atoms with Crippen molar-refractivity contribution >= 4 is 29.3 Å². The molecule has 1 aromatic rings. The number of methoxy groups -OCH3 is 1. The molecule has 6 nitrogen and oxygen atoms in total. The summed E-state index contributed by atoms with van der Waals surface area (Å²) in [5, 5.41) is 3.04. The molecular weight excluding hydrogens is 332 g/mol. The number of hydrogen-bond acceptors (Lipinski definition) is 4. The van der Waals surface area contributed by atoms with Crippen molar-refractivity contribution in [3.05, 3.63) is 28.8 Å². The first-order valence-corrected chi connectivity index (χ1v) is 8.40. The van der Waals surface area contributed by atoms with Crippen LogP contribution in [0, 0.1) is 0 Å². The molecule has 7 heteroatoms. The van der Waals surface area contributed by atoms with Gasteiger partial charge in [0, 0.05) is 25.9 Å². The molecule has 1 heterocycles. The third kappa shape index (κ3) is 5.11. The van der Waals surface area contributed by atoms with Crippen LogP contribution in [0.3, 0.4) is 0 Å². The molecule has 132 valence electrons. The van der Waals surface area contributed by atoms with Crippen LogP contribution in [0.15, 0.2) is 18.2 Å². The molecule has 0 saturated carbocycles. The number of anilines is 1. The number of nitrogens with one attached hydrogen (secondary N) is 1. The Hall–Kier alpha value is -1.79. The van der Waals surface area contributed by atoms with Crippen molar-refractivity contribution in [2.75, 3.05) is 32.6 Å². The van der Waals surface area contributed by atoms with Gasteiger partial charge in [-0.3, -0.25) is 0 Å². The highest BCUT2D eigenvalue weighted by atomic mass is 35.5. The molecule has 1 atom stereocenters. The van der Waals surface area contributed by atoms with Crippen molar-refractivity contribution in [3.63, 3.8) is 0 Å². The average Bonchev–Trinajstić information content (AvgIpc) is 2.61. The highest BCUT2D eigenvalue weighted by Crippen LogP contribution is 2.22. The molecule has 0 radical (unpaired) electrons. The molecule has 1 aliphatic rings. The Labute approximate surface area is 147 Å². The van der Waals surface area contributed by atoms with Gasteiger partial charge in [0.15, 0.2) is 0 Å². The smallest absolute Gasteiger partial charge is 0.339 e. The quantitative estimate of drug-likeness (QED) is 0.821. The van der Waals surface area contributed by atoms with Crippen LogP contribution in [-0.2, 0) is 9.47 Å². The van der Waals surface area contributed by atoms with Crippen LogP contribution >= 0.6 is 11.6 Å². The van der Waals surface area contributed by atoms with Crippen LogP contribution in [0.5, 0.6) is 0 Å². The van der Waals surface area contributed by atoms with Crippen molar-refractivity contribution in [1.82, 2.24) is 4.90 Å². The van der Waals surface area contributed by atoms with E-state index in [-0.39, 0.29) is 22.7 Å².